The van der Waals surface area contributed by atoms with E-state index in [0.29, 0.717) is 31.7 Å². The molecule has 0 radical (unpaired) electrons. The summed E-state index contributed by atoms with van der Waals surface area (Å²) in [7, 11) is 0. The number of aliphatic hydroxyl groups excluding tert-OH is 2. The topological polar surface area (TPSA) is 162 Å². The molecule has 6 fully saturated rings. The van der Waals surface area contributed by atoms with Crippen molar-refractivity contribution >= 4 is 5.78 Å². The van der Waals surface area contributed by atoms with Gasteiger partial charge in [0.2, 0.25) is 0 Å². The molecule has 4 aliphatic carbocycles. The van der Waals surface area contributed by atoms with Gasteiger partial charge in [-0.1, -0.05) is 13.8 Å². The molecule has 13 atom stereocenters. The van der Waals surface area contributed by atoms with E-state index in [2.05, 4.69) is 11.8 Å². The summed E-state index contributed by atoms with van der Waals surface area (Å²) in [5, 5.41) is 82.9. The van der Waals surface area contributed by atoms with Gasteiger partial charge in [0, 0.05) is 55.1 Å². The molecule has 0 amide bonds. The summed E-state index contributed by atoms with van der Waals surface area (Å²) in [6.45, 7) is 6.31. The molecule has 4 saturated carbocycles. The van der Waals surface area contributed by atoms with Crippen molar-refractivity contribution in [3.8, 4) is 0 Å². The molecule has 5 unspecified atom stereocenters. The number of aliphatic hydroxyl groups is 7. The number of rotatable bonds is 0. The lowest BCUT2D eigenvalue weighted by atomic mass is 9.48. The molecule has 7 N–H and O–H groups in total. The third kappa shape index (κ3) is 2.62. The van der Waals surface area contributed by atoms with E-state index < -0.39 is 69.4 Å². The maximum absolute atomic E-state index is 13.0. The third-order valence-electron chi connectivity index (χ3n) is 12.5. The first-order valence-corrected chi connectivity index (χ1v) is 13.8. The normalized spacial score (nSPS) is 63.1. The van der Waals surface area contributed by atoms with Crippen LogP contribution >= 0.6 is 0 Å². The quantitative estimate of drug-likeness (QED) is 0.224. The van der Waals surface area contributed by atoms with E-state index in [9.17, 15) is 40.5 Å². The number of hydrogen-bond acceptors (Lipinski definition) is 9. The molecule has 2 heterocycles. The smallest absolute Gasteiger partial charge is 0.164 e. The Bertz CT molecular complexity index is 975. The second-order valence-corrected chi connectivity index (χ2v) is 13.9. The summed E-state index contributed by atoms with van der Waals surface area (Å²) in [5.74, 6) is -2.47. The molecule has 6 aliphatic rings. The SMILES string of the molecule is C[C@H]1CC[C@@H]2N(CC3C4(O)CC5(O)[C@@H](CC[C@H]6C(=O)[C@@H](O)CC[C@@]65C)C4(O)C[C@H](O)C3(O)[C@]2(C)O)C1. The predicted octanol–water partition coefficient (Wildman–Crippen LogP) is -0.683. The van der Waals surface area contributed by atoms with Crippen LogP contribution in [0.5, 0.6) is 0 Å². The number of piperidine rings is 2. The molecule has 36 heavy (non-hydrogen) atoms. The van der Waals surface area contributed by atoms with E-state index in [1.54, 1.807) is 0 Å². The van der Waals surface area contributed by atoms with Gasteiger partial charge in [0.05, 0.1) is 11.7 Å². The van der Waals surface area contributed by atoms with Crippen molar-refractivity contribution in [1.29, 1.82) is 0 Å². The van der Waals surface area contributed by atoms with Gasteiger partial charge in [-0.3, -0.25) is 9.69 Å². The summed E-state index contributed by atoms with van der Waals surface area (Å²) < 4.78 is 0. The summed E-state index contributed by atoms with van der Waals surface area (Å²) in [5.41, 5.74) is -10.4. The Morgan fingerprint density at radius 3 is 2.22 bits per heavy atom. The Morgan fingerprint density at radius 1 is 0.833 bits per heavy atom. The molecule has 0 aromatic rings. The fraction of sp³-hybridized carbons (Fsp3) is 0.963. The van der Waals surface area contributed by atoms with Crippen LogP contribution in [-0.4, -0.2) is 106 Å². The lowest BCUT2D eigenvalue weighted by Crippen LogP contribution is -2.85. The first-order valence-electron chi connectivity index (χ1n) is 13.8. The van der Waals surface area contributed by atoms with E-state index in [1.165, 1.54) is 6.92 Å². The number of carbonyl (C=O) groups excluding carboxylic acids is 1. The monoisotopic (exact) mass is 509 g/mol. The van der Waals surface area contributed by atoms with Crippen LogP contribution in [0.2, 0.25) is 0 Å². The lowest BCUT2D eigenvalue weighted by Gasteiger charge is -2.68. The van der Waals surface area contributed by atoms with Crippen molar-refractivity contribution in [3.05, 3.63) is 0 Å². The molecular weight excluding hydrogens is 466 g/mol. The predicted molar refractivity (Wildman–Crippen MR) is 127 cm³/mol. The standard InChI is InChI=1S/C27H43NO8/c1-14-4-7-19-23(3,32)27(36)18(12-28(19)11-14)26(35)13-25(34)17(24(26,33)10-20(27)30)6-5-15-21(31)16(29)8-9-22(15,25)2/h14-20,29-30,32-36H,4-13H2,1-3H3/t14-,15-,16-,17-,18?,19-,20-,22-,23+,24?,25?,26?,27?/m0/s1. The van der Waals surface area contributed by atoms with Crippen molar-refractivity contribution in [2.75, 3.05) is 13.1 Å². The highest BCUT2D eigenvalue weighted by Crippen LogP contribution is 2.71. The van der Waals surface area contributed by atoms with Crippen molar-refractivity contribution in [2.24, 2.45) is 29.1 Å². The summed E-state index contributed by atoms with van der Waals surface area (Å²) >= 11 is 0. The van der Waals surface area contributed by atoms with Crippen molar-refractivity contribution in [3.63, 3.8) is 0 Å². The molecule has 2 saturated heterocycles. The average Bonchev–Trinajstić information content (AvgIpc) is 2.97. The van der Waals surface area contributed by atoms with E-state index >= 15 is 0 Å². The highest BCUT2D eigenvalue weighted by atomic mass is 16.4. The molecule has 0 spiro atoms. The van der Waals surface area contributed by atoms with Crippen LogP contribution < -0.4 is 0 Å². The van der Waals surface area contributed by atoms with Gasteiger partial charge in [0.1, 0.15) is 28.5 Å². The molecule has 6 rings (SSSR count). The van der Waals surface area contributed by atoms with Crippen LogP contribution in [0.15, 0.2) is 0 Å². The Hall–Kier alpha value is -0.650. The van der Waals surface area contributed by atoms with Gasteiger partial charge in [-0.2, -0.15) is 0 Å². The highest BCUT2D eigenvalue weighted by Gasteiger charge is 2.84. The van der Waals surface area contributed by atoms with Gasteiger partial charge in [0.25, 0.3) is 0 Å². The number of fused-ring (bicyclic) bond motifs is 8. The minimum Gasteiger partial charge on any atom is -0.390 e. The number of nitrogens with zero attached hydrogens (tertiary/aromatic N) is 1. The molecule has 9 heteroatoms. The van der Waals surface area contributed by atoms with Crippen LogP contribution in [0, 0.1) is 29.1 Å². The van der Waals surface area contributed by atoms with Crippen LogP contribution in [-0.2, 0) is 4.79 Å². The molecule has 9 nitrogen and oxygen atoms in total. The summed E-state index contributed by atoms with van der Waals surface area (Å²) in [6, 6.07) is -0.398. The van der Waals surface area contributed by atoms with Crippen LogP contribution in [0.1, 0.15) is 72.1 Å². The zero-order valence-electron chi connectivity index (χ0n) is 21.6. The minimum absolute atomic E-state index is 0.179. The fourth-order valence-electron chi connectivity index (χ4n) is 10.4. The van der Waals surface area contributed by atoms with Crippen molar-refractivity contribution in [2.45, 2.75) is 118 Å². The largest absolute Gasteiger partial charge is 0.390 e. The number of Topliss-reactive ketones (excluding diaryl/α,β-unsaturated/α-hetero) is 1. The number of ketones is 1. The Morgan fingerprint density at radius 2 is 1.53 bits per heavy atom. The zero-order valence-corrected chi connectivity index (χ0v) is 21.6. The van der Waals surface area contributed by atoms with Gasteiger partial charge in [-0.25, -0.2) is 0 Å². The van der Waals surface area contributed by atoms with Gasteiger partial charge >= 0.3 is 0 Å². The first-order chi connectivity index (χ1) is 16.6. The minimum atomic E-state index is -2.08. The molecular formula is C27H43NO8. The Kier molecular flexibility index (Phi) is 5.19. The van der Waals surface area contributed by atoms with Gasteiger partial charge in [0.15, 0.2) is 5.78 Å². The maximum atomic E-state index is 13.0. The Labute approximate surface area is 212 Å². The van der Waals surface area contributed by atoms with Crippen LogP contribution in [0.4, 0.5) is 0 Å². The molecule has 0 bridgehead atoms. The summed E-state index contributed by atoms with van der Waals surface area (Å²) in [6.07, 6.45) is -0.498. The molecule has 0 aromatic heterocycles. The Balaban J connectivity index is 1.47. The first kappa shape index (κ1) is 25.6. The second-order valence-electron chi connectivity index (χ2n) is 13.9. The lowest BCUT2D eigenvalue weighted by molar-refractivity contribution is -0.354. The van der Waals surface area contributed by atoms with Crippen LogP contribution in [0.3, 0.4) is 0 Å². The van der Waals surface area contributed by atoms with E-state index in [4.69, 9.17) is 0 Å². The van der Waals surface area contributed by atoms with Gasteiger partial charge < -0.3 is 35.7 Å². The van der Waals surface area contributed by atoms with Gasteiger partial charge in [-0.15, -0.1) is 0 Å². The average molecular weight is 510 g/mol. The molecule has 204 valence electrons. The fourth-order valence-corrected chi connectivity index (χ4v) is 10.4. The number of carbonyl (C=O) groups is 1. The molecule has 0 aromatic carbocycles. The summed E-state index contributed by atoms with van der Waals surface area (Å²) in [4.78, 5) is 15.0. The van der Waals surface area contributed by atoms with Gasteiger partial charge in [-0.05, 0) is 51.4 Å². The third-order valence-corrected chi connectivity index (χ3v) is 12.5. The van der Waals surface area contributed by atoms with Crippen molar-refractivity contribution in [1.82, 2.24) is 4.90 Å². The van der Waals surface area contributed by atoms with E-state index in [0.717, 1.165) is 6.42 Å². The zero-order chi connectivity index (χ0) is 26.3. The number of hydrogen-bond donors (Lipinski definition) is 7. The van der Waals surface area contributed by atoms with Crippen molar-refractivity contribution < 1.29 is 40.5 Å². The van der Waals surface area contributed by atoms with E-state index in [1.807, 2.05) is 6.92 Å². The second kappa shape index (κ2) is 7.30. The highest BCUT2D eigenvalue weighted by molar-refractivity contribution is 5.87. The maximum Gasteiger partial charge on any atom is 0.164 e. The van der Waals surface area contributed by atoms with E-state index in [-0.39, 0.29) is 38.0 Å². The van der Waals surface area contributed by atoms with Crippen LogP contribution in [0.25, 0.3) is 0 Å². The molecule has 2 aliphatic heterocycles.